The van der Waals surface area contributed by atoms with Crippen LogP contribution in [0.2, 0.25) is 0 Å². The highest BCUT2D eigenvalue weighted by Gasteiger charge is 2.40. The number of esters is 1. The quantitative estimate of drug-likeness (QED) is 0.0994. The van der Waals surface area contributed by atoms with Gasteiger partial charge >= 0.3 is 5.97 Å². The van der Waals surface area contributed by atoms with E-state index in [0.717, 1.165) is 31.4 Å². The molecule has 0 aromatic heterocycles. The molecule has 1 N–H and O–H groups in total. The first-order valence-electron chi connectivity index (χ1n) is 13.0. The molecule has 0 fully saturated rings. The zero-order chi connectivity index (χ0) is 26.9. The van der Waals surface area contributed by atoms with Crippen molar-refractivity contribution in [2.45, 2.75) is 24.6 Å². The van der Waals surface area contributed by atoms with E-state index in [0.29, 0.717) is 6.42 Å². The molecule has 194 valence electrons. The Labute approximate surface area is 244 Å². The number of halogens is 1. The van der Waals surface area contributed by atoms with E-state index in [-0.39, 0.29) is 12.6 Å². The van der Waals surface area contributed by atoms with Gasteiger partial charge < -0.3 is 4.74 Å². The number of nitrogens with one attached hydrogen (secondary N) is 1. The van der Waals surface area contributed by atoms with Crippen molar-refractivity contribution >= 4 is 28.6 Å². The number of ether oxygens (including phenoxy) is 1. The van der Waals surface area contributed by atoms with E-state index in [1.54, 1.807) is 0 Å². The second-order valence-electron chi connectivity index (χ2n) is 9.47. The van der Waals surface area contributed by atoms with E-state index >= 15 is 0 Å². The zero-order valence-electron chi connectivity index (χ0n) is 21.5. The normalized spacial score (nSPS) is 12.0. The van der Waals surface area contributed by atoms with Gasteiger partial charge in [0.25, 0.3) is 0 Å². The van der Waals surface area contributed by atoms with Crippen LogP contribution in [0.3, 0.4) is 0 Å². The lowest BCUT2D eigenvalue weighted by Crippen LogP contribution is -2.53. The second kappa shape index (κ2) is 12.9. The van der Waals surface area contributed by atoms with Gasteiger partial charge in [0, 0.05) is 3.57 Å². The Morgan fingerprint density at radius 3 is 1.51 bits per heavy atom. The van der Waals surface area contributed by atoms with Gasteiger partial charge in [0.15, 0.2) is 0 Å². The van der Waals surface area contributed by atoms with Gasteiger partial charge in [-0.25, -0.2) is 0 Å². The number of benzene rings is 5. The van der Waals surface area contributed by atoms with E-state index < -0.39 is 11.6 Å². The number of carbonyl (C=O) groups is 1. The molecule has 0 aliphatic carbocycles. The minimum atomic E-state index is -0.788. The Kier molecular flexibility index (Phi) is 8.86. The SMILES string of the molecule is O=C(OCc1ccccc1)[C@H](Cc1ccc(I)cc1)NC(c1ccccc1)(c1ccccc1)c1ccccc1. The van der Waals surface area contributed by atoms with Gasteiger partial charge in [-0.1, -0.05) is 133 Å². The van der Waals surface area contributed by atoms with Crippen LogP contribution in [0, 0.1) is 3.57 Å². The second-order valence-corrected chi connectivity index (χ2v) is 10.7. The molecule has 5 aromatic rings. The summed E-state index contributed by atoms with van der Waals surface area (Å²) in [5, 5.41) is 3.84. The molecular formula is C35H30INO2. The van der Waals surface area contributed by atoms with E-state index in [4.69, 9.17) is 4.74 Å². The molecule has 39 heavy (non-hydrogen) atoms. The summed E-state index contributed by atoms with van der Waals surface area (Å²) in [6.07, 6.45) is 0.485. The van der Waals surface area contributed by atoms with Gasteiger partial charge in [0.2, 0.25) is 0 Å². The third kappa shape index (κ3) is 6.47. The average Bonchev–Trinajstić information content (AvgIpc) is 3.01. The van der Waals surface area contributed by atoms with Gasteiger partial charge in [-0.05, 0) is 69.0 Å². The summed E-state index contributed by atoms with van der Waals surface area (Å²) in [7, 11) is 0. The summed E-state index contributed by atoms with van der Waals surface area (Å²) in [6, 6.07) is 48.5. The molecule has 0 unspecified atom stereocenters. The molecule has 5 rings (SSSR count). The highest BCUT2D eigenvalue weighted by Crippen LogP contribution is 2.37. The van der Waals surface area contributed by atoms with Gasteiger partial charge in [-0.2, -0.15) is 0 Å². The topological polar surface area (TPSA) is 38.3 Å². The molecule has 0 aliphatic heterocycles. The molecule has 5 aromatic carbocycles. The van der Waals surface area contributed by atoms with Crippen LogP contribution >= 0.6 is 22.6 Å². The van der Waals surface area contributed by atoms with Crippen molar-refractivity contribution in [2.75, 3.05) is 0 Å². The number of hydrogen-bond donors (Lipinski definition) is 1. The standard InChI is InChI=1S/C35H30INO2/c36-32-23-21-27(22-24-32)25-33(34(38)39-26-28-13-5-1-6-14-28)37-35(29-15-7-2-8-16-29,30-17-9-3-10-18-30)31-19-11-4-12-20-31/h1-24,33,37H,25-26H2/t33-/m0/s1. The fourth-order valence-corrected chi connectivity index (χ4v) is 5.31. The first kappa shape index (κ1) is 26.9. The molecule has 0 amide bonds. The van der Waals surface area contributed by atoms with Crippen molar-refractivity contribution in [3.05, 3.63) is 177 Å². The van der Waals surface area contributed by atoms with Gasteiger partial charge in [-0.15, -0.1) is 0 Å². The summed E-state index contributed by atoms with van der Waals surface area (Å²) in [5.41, 5.74) is 4.37. The van der Waals surface area contributed by atoms with Crippen LogP contribution in [-0.4, -0.2) is 12.0 Å². The van der Waals surface area contributed by atoms with Crippen molar-refractivity contribution in [3.63, 3.8) is 0 Å². The highest BCUT2D eigenvalue weighted by molar-refractivity contribution is 14.1. The Morgan fingerprint density at radius 2 is 1.05 bits per heavy atom. The molecule has 1 atom stereocenters. The van der Waals surface area contributed by atoms with Crippen LogP contribution < -0.4 is 5.32 Å². The Morgan fingerprint density at radius 1 is 0.615 bits per heavy atom. The van der Waals surface area contributed by atoms with Crippen LogP contribution in [-0.2, 0) is 28.1 Å². The smallest absolute Gasteiger partial charge is 0.323 e. The largest absolute Gasteiger partial charge is 0.460 e. The minimum Gasteiger partial charge on any atom is -0.460 e. The molecule has 0 bridgehead atoms. The molecule has 0 heterocycles. The third-order valence-electron chi connectivity index (χ3n) is 6.87. The lowest BCUT2D eigenvalue weighted by molar-refractivity contribution is -0.148. The fraction of sp³-hybridized carbons (Fsp3) is 0.114. The van der Waals surface area contributed by atoms with Crippen LogP contribution in [0.4, 0.5) is 0 Å². The average molecular weight is 624 g/mol. The number of carbonyl (C=O) groups excluding carboxylic acids is 1. The molecule has 0 spiro atoms. The van der Waals surface area contributed by atoms with Crippen LogP contribution in [0.1, 0.15) is 27.8 Å². The van der Waals surface area contributed by atoms with Crippen molar-refractivity contribution in [3.8, 4) is 0 Å². The van der Waals surface area contributed by atoms with Crippen LogP contribution in [0.15, 0.2) is 146 Å². The maximum absolute atomic E-state index is 13.9. The zero-order valence-corrected chi connectivity index (χ0v) is 23.7. The van der Waals surface area contributed by atoms with E-state index in [9.17, 15) is 4.79 Å². The fourth-order valence-electron chi connectivity index (χ4n) is 4.95. The molecule has 0 radical (unpaired) electrons. The van der Waals surface area contributed by atoms with E-state index in [1.807, 2.05) is 84.9 Å². The first-order valence-corrected chi connectivity index (χ1v) is 14.1. The minimum absolute atomic E-state index is 0.222. The summed E-state index contributed by atoms with van der Waals surface area (Å²) in [5.74, 6) is -0.287. The number of rotatable bonds is 10. The Balaban J connectivity index is 1.60. The molecule has 0 saturated carbocycles. The Hall–Kier alpha value is -3.74. The van der Waals surface area contributed by atoms with Gasteiger partial charge in [-0.3, -0.25) is 10.1 Å². The van der Waals surface area contributed by atoms with E-state index in [2.05, 4.69) is 88.6 Å². The maximum Gasteiger partial charge on any atom is 0.323 e. The molecular weight excluding hydrogens is 593 g/mol. The monoisotopic (exact) mass is 623 g/mol. The van der Waals surface area contributed by atoms with Crippen molar-refractivity contribution < 1.29 is 9.53 Å². The molecule has 0 saturated heterocycles. The lowest BCUT2D eigenvalue weighted by Gasteiger charge is -2.39. The summed E-state index contributed by atoms with van der Waals surface area (Å²) >= 11 is 2.30. The summed E-state index contributed by atoms with van der Waals surface area (Å²) < 4.78 is 7.09. The van der Waals surface area contributed by atoms with Gasteiger partial charge in [0.05, 0.1) is 5.54 Å². The van der Waals surface area contributed by atoms with E-state index in [1.165, 1.54) is 0 Å². The van der Waals surface area contributed by atoms with Crippen molar-refractivity contribution in [2.24, 2.45) is 0 Å². The molecule has 4 heteroatoms. The summed E-state index contributed by atoms with van der Waals surface area (Å²) in [6.45, 7) is 0.222. The van der Waals surface area contributed by atoms with Gasteiger partial charge in [0.1, 0.15) is 12.6 Å². The molecule has 0 aliphatic rings. The summed E-state index contributed by atoms with van der Waals surface area (Å²) in [4.78, 5) is 13.9. The van der Waals surface area contributed by atoms with Crippen molar-refractivity contribution in [1.82, 2.24) is 5.32 Å². The predicted octanol–water partition coefficient (Wildman–Crippen LogP) is 7.53. The number of hydrogen-bond acceptors (Lipinski definition) is 3. The predicted molar refractivity (Wildman–Crippen MR) is 165 cm³/mol. The van der Waals surface area contributed by atoms with Crippen LogP contribution in [0.5, 0.6) is 0 Å². The first-order chi connectivity index (χ1) is 19.1. The third-order valence-corrected chi connectivity index (χ3v) is 7.59. The van der Waals surface area contributed by atoms with Crippen LogP contribution in [0.25, 0.3) is 0 Å². The molecule has 3 nitrogen and oxygen atoms in total. The van der Waals surface area contributed by atoms with Crippen molar-refractivity contribution in [1.29, 1.82) is 0 Å². The Bertz CT molecular complexity index is 1360. The maximum atomic E-state index is 13.9. The highest BCUT2D eigenvalue weighted by atomic mass is 127. The lowest BCUT2D eigenvalue weighted by atomic mass is 9.76.